The second kappa shape index (κ2) is 3.68. The fourth-order valence-electron chi connectivity index (χ4n) is 0.750. The van der Waals surface area contributed by atoms with Crippen LogP contribution in [0.5, 0.6) is 0 Å². The maximum absolute atomic E-state index is 9.86. The van der Waals surface area contributed by atoms with Gasteiger partial charge in [0.25, 0.3) is 0 Å². The van der Waals surface area contributed by atoms with Crippen molar-refractivity contribution in [3.63, 3.8) is 0 Å². The summed E-state index contributed by atoms with van der Waals surface area (Å²) in [6.07, 6.45) is 8.30. The SMILES string of the molecule is O=C=NC1=CC=CCC1I. The summed E-state index contributed by atoms with van der Waals surface area (Å²) < 4.78 is 0.337. The molecule has 3 heteroatoms. The molecule has 1 aliphatic carbocycles. The minimum absolute atomic E-state index is 0.337. The van der Waals surface area contributed by atoms with Crippen LogP contribution in [-0.2, 0) is 4.79 Å². The molecular weight excluding hydrogens is 241 g/mol. The zero-order valence-corrected chi connectivity index (χ0v) is 7.41. The third-order valence-corrected chi connectivity index (χ3v) is 2.39. The Morgan fingerprint density at radius 2 is 2.60 bits per heavy atom. The molecule has 1 aliphatic rings. The van der Waals surface area contributed by atoms with Crippen molar-refractivity contribution in [3.8, 4) is 0 Å². The molecule has 2 nitrogen and oxygen atoms in total. The van der Waals surface area contributed by atoms with E-state index in [1.54, 1.807) is 0 Å². The van der Waals surface area contributed by atoms with E-state index in [-0.39, 0.29) is 0 Å². The van der Waals surface area contributed by atoms with Gasteiger partial charge in [-0.15, -0.1) is 0 Å². The van der Waals surface area contributed by atoms with Crippen LogP contribution in [0, 0.1) is 0 Å². The summed E-state index contributed by atoms with van der Waals surface area (Å²) in [5.74, 6) is 0. The number of carbonyl (C=O) groups excluding carboxylic acids is 1. The Labute approximate surface area is 72.9 Å². The lowest BCUT2D eigenvalue weighted by atomic mass is 10.1. The lowest BCUT2D eigenvalue weighted by molar-refractivity contribution is 0.564. The van der Waals surface area contributed by atoms with E-state index in [1.807, 2.05) is 12.2 Å². The Balaban J connectivity index is 2.80. The van der Waals surface area contributed by atoms with Gasteiger partial charge in [0, 0.05) is 0 Å². The van der Waals surface area contributed by atoms with Crippen molar-refractivity contribution in [2.24, 2.45) is 4.99 Å². The standard InChI is InChI=1S/C7H6INO/c8-6-3-1-2-4-7(6)9-5-10/h1-2,4,6H,3H2. The number of aliphatic imine (C=N–C) groups is 1. The molecule has 1 atom stereocenters. The molecular formula is C7H6INO. The summed E-state index contributed by atoms with van der Waals surface area (Å²) in [4.78, 5) is 13.4. The monoisotopic (exact) mass is 247 g/mol. The highest BCUT2D eigenvalue weighted by Gasteiger charge is 2.09. The van der Waals surface area contributed by atoms with E-state index in [2.05, 4.69) is 33.7 Å². The molecule has 0 aliphatic heterocycles. The number of hydrogen-bond acceptors (Lipinski definition) is 2. The van der Waals surface area contributed by atoms with Gasteiger partial charge in [0.05, 0.1) is 9.62 Å². The van der Waals surface area contributed by atoms with Gasteiger partial charge in [0.1, 0.15) is 0 Å². The Hall–Kier alpha value is -0.410. The third-order valence-electron chi connectivity index (χ3n) is 1.24. The van der Waals surface area contributed by atoms with Gasteiger partial charge >= 0.3 is 0 Å². The zero-order chi connectivity index (χ0) is 7.40. The molecule has 1 rings (SSSR count). The Morgan fingerprint density at radius 3 is 3.20 bits per heavy atom. The minimum Gasteiger partial charge on any atom is -0.211 e. The smallest absolute Gasteiger partial charge is 0.211 e. The third kappa shape index (κ3) is 1.78. The first-order valence-corrected chi connectivity index (χ1v) is 4.18. The van der Waals surface area contributed by atoms with Crippen LogP contribution in [0.25, 0.3) is 0 Å². The van der Waals surface area contributed by atoms with Crippen LogP contribution in [-0.4, -0.2) is 10.0 Å². The number of isocyanates is 1. The number of allylic oxidation sites excluding steroid dienone is 4. The highest BCUT2D eigenvalue weighted by Crippen LogP contribution is 2.21. The Bertz CT molecular complexity index is 226. The molecule has 10 heavy (non-hydrogen) atoms. The molecule has 0 aromatic rings. The molecule has 0 N–H and O–H groups in total. The molecule has 1 unspecified atom stereocenters. The summed E-state index contributed by atoms with van der Waals surface area (Å²) in [6.45, 7) is 0. The zero-order valence-electron chi connectivity index (χ0n) is 5.25. The van der Waals surface area contributed by atoms with Gasteiger partial charge in [-0.25, -0.2) is 4.79 Å². The van der Waals surface area contributed by atoms with Crippen LogP contribution in [0.3, 0.4) is 0 Å². The normalized spacial score (nSPS) is 23.3. The number of alkyl halides is 1. The average molecular weight is 247 g/mol. The van der Waals surface area contributed by atoms with E-state index >= 15 is 0 Å². The first-order chi connectivity index (χ1) is 4.84. The first kappa shape index (κ1) is 7.69. The maximum atomic E-state index is 9.86. The van der Waals surface area contributed by atoms with Crippen molar-refractivity contribution >= 4 is 28.7 Å². The van der Waals surface area contributed by atoms with Crippen molar-refractivity contribution in [1.29, 1.82) is 0 Å². The molecule has 0 bridgehead atoms. The highest BCUT2D eigenvalue weighted by molar-refractivity contribution is 14.1. The quantitative estimate of drug-likeness (QED) is 0.301. The molecule has 0 fully saturated rings. The summed E-state index contributed by atoms with van der Waals surface area (Å²) >= 11 is 2.25. The van der Waals surface area contributed by atoms with Gasteiger partial charge in [-0.2, -0.15) is 4.99 Å². The van der Waals surface area contributed by atoms with Crippen LogP contribution in [0.2, 0.25) is 0 Å². The van der Waals surface area contributed by atoms with Crippen molar-refractivity contribution in [2.75, 3.05) is 0 Å². The molecule has 0 aromatic heterocycles. The predicted octanol–water partition coefficient (Wildman–Crippen LogP) is 1.97. The molecule has 0 radical (unpaired) electrons. The van der Waals surface area contributed by atoms with Gasteiger partial charge in [-0.05, 0) is 12.5 Å². The lowest BCUT2D eigenvalue weighted by Gasteiger charge is -2.08. The van der Waals surface area contributed by atoms with E-state index in [0.29, 0.717) is 3.92 Å². The topological polar surface area (TPSA) is 29.4 Å². The fourth-order valence-corrected chi connectivity index (χ4v) is 1.39. The van der Waals surface area contributed by atoms with Gasteiger partial charge in [-0.1, -0.05) is 34.7 Å². The van der Waals surface area contributed by atoms with Crippen molar-refractivity contribution in [3.05, 3.63) is 23.9 Å². The highest BCUT2D eigenvalue weighted by atomic mass is 127. The van der Waals surface area contributed by atoms with Crippen molar-refractivity contribution in [1.82, 2.24) is 0 Å². The number of nitrogens with zero attached hydrogens (tertiary/aromatic N) is 1. The second-order valence-corrected chi connectivity index (χ2v) is 3.43. The average Bonchev–Trinajstić information content (AvgIpc) is 1.94. The van der Waals surface area contributed by atoms with E-state index in [1.165, 1.54) is 6.08 Å². The Kier molecular flexibility index (Phi) is 2.83. The largest absolute Gasteiger partial charge is 0.240 e. The van der Waals surface area contributed by atoms with Crippen LogP contribution in [0.15, 0.2) is 28.9 Å². The van der Waals surface area contributed by atoms with Gasteiger partial charge in [0.15, 0.2) is 0 Å². The Morgan fingerprint density at radius 1 is 1.80 bits per heavy atom. The van der Waals surface area contributed by atoms with Gasteiger partial charge in [0.2, 0.25) is 6.08 Å². The molecule has 0 aromatic carbocycles. The van der Waals surface area contributed by atoms with Crippen LogP contribution < -0.4 is 0 Å². The molecule has 0 heterocycles. The van der Waals surface area contributed by atoms with Gasteiger partial charge < -0.3 is 0 Å². The predicted molar refractivity (Wildman–Crippen MR) is 47.8 cm³/mol. The maximum Gasteiger partial charge on any atom is 0.240 e. The summed E-state index contributed by atoms with van der Waals surface area (Å²) in [5.41, 5.74) is 0.818. The molecule has 52 valence electrons. The lowest BCUT2D eigenvalue weighted by Crippen LogP contribution is -2.00. The van der Waals surface area contributed by atoms with E-state index in [9.17, 15) is 4.79 Å². The van der Waals surface area contributed by atoms with E-state index in [4.69, 9.17) is 0 Å². The number of rotatable bonds is 1. The van der Waals surface area contributed by atoms with Crippen LogP contribution in [0.4, 0.5) is 0 Å². The fraction of sp³-hybridized carbons (Fsp3) is 0.286. The van der Waals surface area contributed by atoms with Crippen LogP contribution in [0.1, 0.15) is 6.42 Å². The molecule has 0 saturated heterocycles. The molecule has 0 saturated carbocycles. The second-order valence-electron chi connectivity index (χ2n) is 1.93. The van der Waals surface area contributed by atoms with Crippen molar-refractivity contribution in [2.45, 2.75) is 10.3 Å². The van der Waals surface area contributed by atoms with E-state index < -0.39 is 0 Å². The number of halogens is 1. The summed E-state index contributed by atoms with van der Waals surface area (Å²) in [5, 5.41) is 0. The van der Waals surface area contributed by atoms with Crippen molar-refractivity contribution < 1.29 is 4.79 Å². The summed E-state index contributed by atoms with van der Waals surface area (Å²) in [7, 11) is 0. The molecule has 0 spiro atoms. The van der Waals surface area contributed by atoms with E-state index in [0.717, 1.165) is 12.1 Å². The number of hydrogen-bond donors (Lipinski definition) is 0. The van der Waals surface area contributed by atoms with Crippen LogP contribution >= 0.6 is 22.6 Å². The summed E-state index contributed by atoms with van der Waals surface area (Å²) in [6, 6.07) is 0. The minimum atomic E-state index is 0.337. The molecule has 0 amide bonds. The van der Waals surface area contributed by atoms with Gasteiger partial charge in [-0.3, -0.25) is 0 Å². The first-order valence-electron chi connectivity index (χ1n) is 2.93.